The minimum absolute atomic E-state index is 0.360. The Morgan fingerprint density at radius 3 is 2.24 bits per heavy atom. The van der Waals surface area contributed by atoms with Crippen LogP contribution in [0.15, 0.2) is 24.3 Å². The van der Waals surface area contributed by atoms with Gasteiger partial charge >= 0.3 is 0 Å². The number of hydrogen-bond donors (Lipinski definition) is 0. The zero-order chi connectivity index (χ0) is 12.5. The molecule has 1 nitrogen and oxygen atoms in total. The van der Waals surface area contributed by atoms with Gasteiger partial charge in [0.05, 0.1) is 7.14 Å². The largest absolute Gasteiger partial charge is 0.323 e. The summed E-state index contributed by atoms with van der Waals surface area (Å²) >= 11 is 13.0. The van der Waals surface area contributed by atoms with Crippen molar-refractivity contribution in [2.45, 2.75) is 16.1 Å². The summed E-state index contributed by atoms with van der Waals surface area (Å²) in [6, 6.07) is 7.81. The Morgan fingerprint density at radius 1 is 1.18 bits per heavy atom. The highest BCUT2D eigenvalue weighted by Crippen LogP contribution is 2.55. The van der Waals surface area contributed by atoms with Crippen LogP contribution in [0.5, 0.6) is 0 Å². The molecule has 0 N–H and O–H groups in total. The van der Waals surface area contributed by atoms with Gasteiger partial charge in [-0.1, -0.05) is 55.6 Å². The Balaban J connectivity index is 1.94. The highest BCUT2D eigenvalue weighted by molar-refractivity contribution is 9.12. The molecular formula is C12H14Br2ClOP. The molecule has 0 aliphatic carbocycles. The van der Waals surface area contributed by atoms with Crippen molar-refractivity contribution in [2.24, 2.45) is 0 Å². The lowest BCUT2D eigenvalue weighted by Crippen LogP contribution is -2.08. The first-order chi connectivity index (χ1) is 7.98. The molecule has 5 heteroatoms. The van der Waals surface area contributed by atoms with E-state index in [1.54, 1.807) is 0 Å². The van der Waals surface area contributed by atoms with Crippen molar-refractivity contribution in [3.8, 4) is 0 Å². The number of benzene rings is 1. The van der Waals surface area contributed by atoms with Gasteiger partial charge in [0.1, 0.15) is 0 Å². The lowest BCUT2D eigenvalue weighted by atomic mass is 10.2. The lowest BCUT2D eigenvalue weighted by Gasteiger charge is -2.10. The highest BCUT2D eigenvalue weighted by atomic mass is 79.9. The summed E-state index contributed by atoms with van der Waals surface area (Å²) < 4.78 is 12.6. The number of aryl methyl sites for hydroxylation is 1. The van der Waals surface area contributed by atoms with E-state index in [4.69, 9.17) is 11.6 Å². The quantitative estimate of drug-likeness (QED) is 0.527. The molecule has 0 aromatic heterocycles. The Kier molecular flexibility index (Phi) is 4.79. The first-order valence-electron chi connectivity index (χ1n) is 5.58. The maximum absolute atomic E-state index is 12.6. The number of hydrogen-bond acceptors (Lipinski definition) is 1. The van der Waals surface area contributed by atoms with Crippen LogP contribution in [0.1, 0.15) is 5.56 Å². The minimum atomic E-state index is -1.99. The molecule has 0 unspecified atom stereocenters. The van der Waals surface area contributed by atoms with Gasteiger partial charge in [0.2, 0.25) is 0 Å². The van der Waals surface area contributed by atoms with Crippen LogP contribution in [0.2, 0.25) is 5.02 Å². The van der Waals surface area contributed by atoms with Crippen molar-refractivity contribution in [1.29, 1.82) is 0 Å². The Hall–Kier alpha value is 0.700. The molecule has 2 rings (SSSR count). The van der Waals surface area contributed by atoms with Crippen LogP contribution < -0.4 is 0 Å². The number of alkyl halides is 2. The minimum Gasteiger partial charge on any atom is -0.323 e. The fourth-order valence-electron chi connectivity index (χ4n) is 2.11. The van der Waals surface area contributed by atoms with Crippen LogP contribution in [0.3, 0.4) is 0 Å². The summed E-state index contributed by atoms with van der Waals surface area (Å²) in [5.74, 6) is 0. The second kappa shape index (κ2) is 5.77. The summed E-state index contributed by atoms with van der Waals surface area (Å²) in [4.78, 5) is 0.720. The zero-order valence-corrected chi connectivity index (χ0v) is 14.1. The topological polar surface area (TPSA) is 17.1 Å². The molecule has 94 valence electrons. The summed E-state index contributed by atoms with van der Waals surface area (Å²) in [5.41, 5.74) is 1.22. The van der Waals surface area contributed by atoms with Gasteiger partial charge in [-0.15, -0.1) is 0 Å². The van der Waals surface area contributed by atoms with Crippen LogP contribution in [0.25, 0.3) is 0 Å². The SMILES string of the molecule is O=P1(CCc2ccc(Cl)cc2)C[C@@H](Br)[C@H](Br)C1. The van der Waals surface area contributed by atoms with Crippen molar-refractivity contribution in [3.05, 3.63) is 34.9 Å². The molecule has 1 saturated heterocycles. The van der Waals surface area contributed by atoms with E-state index >= 15 is 0 Å². The van der Waals surface area contributed by atoms with Crippen LogP contribution in [0, 0.1) is 0 Å². The average Bonchev–Trinajstić information content (AvgIpc) is 2.53. The molecule has 0 radical (unpaired) electrons. The van der Waals surface area contributed by atoms with Crippen molar-refractivity contribution >= 4 is 50.6 Å². The first kappa shape index (κ1) is 14.1. The number of rotatable bonds is 3. The van der Waals surface area contributed by atoms with Gasteiger partial charge in [0.25, 0.3) is 0 Å². The fourth-order valence-corrected chi connectivity index (χ4v) is 9.31. The second-order valence-electron chi connectivity index (χ2n) is 4.56. The Morgan fingerprint density at radius 2 is 1.71 bits per heavy atom. The molecule has 1 aliphatic heterocycles. The molecule has 1 aliphatic rings. The maximum Gasteiger partial charge on any atom is 0.0903 e. The van der Waals surface area contributed by atoms with Crippen molar-refractivity contribution < 1.29 is 4.57 Å². The number of halogens is 3. The standard InChI is InChI=1S/C12H14Br2ClOP/c13-11-7-17(16,8-12(11)14)6-5-9-1-3-10(15)4-2-9/h1-4,11-12H,5-8H2/t11-,12-/m1/s1. The van der Waals surface area contributed by atoms with Crippen LogP contribution in [-0.4, -0.2) is 28.1 Å². The highest BCUT2D eigenvalue weighted by Gasteiger charge is 2.38. The zero-order valence-electron chi connectivity index (χ0n) is 9.28. The van der Waals surface area contributed by atoms with E-state index in [0.29, 0.717) is 9.65 Å². The third kappa shape index (κ3) is 3.83. The summed E-state index contributed by atoms with van der Waals surface area (Å²) in [6.07, 6.45) is 3.32. The van der Waals surface area contributed by atoms with Gasteiger partial charge in [-0.3, -0.25) is 0 Å². The summed E-state index contributed by atoms with van der Waals surface area (Å²) in [6.45, 7) is 0. The molecule has 2 atom stereocenters. The second-order valence-corrected chi connectivity index (χ2v) is 10.6. The third-order valence-corrected chi connectivity index (χ3v) is 10.2. The van der Waals surface area contributed by atoms with E-state index < -0.39 is 7.14 Å². The van der Waals surface area contributed by atoms with Crippen LogP contribution in [-0.2, 0) is 11.0 Å². The first-order valence-corrected chi connectivity index (χ1v) is 10.1. The summed E-state index contributed by atoms with van der Waals surface area (Å²) in [7, 11) is -1.99. The van der Waals surface area contributed by atoms with Crippen molar-refractivity contribution in [3.63, 3.8) is 0 Å². The van der Waals surface area contributed by atoms with Gasteiger partial charge in [-0.25, -0.2) is 0 Å². The molecule has 1 aromatic carbocycles. The van der Waals surface area contributed by atoms with Crippen molar-refractivity contribution in [2.75, 3.05) is 18.5 Å². The van der Waals surface area contributed by atoms with Gasteiger partial charge in [0, 0.05) is 33.2 Å². The normalized spacial score (nSPS) is 27.2. The van der Waals surface area contributed by atoms with E-state index in [1.807, 2.05) is 24.3 Å². The van der Waals surface area contributed by atoms with Crippen molar-refractivity contribution in [1.82, 2.24) is 0 Å². The summed E-state index contributed by atoms with van der Waals surface area (Å²) in [5, 5.41) is 0.752. The molecule has 0 bridgehead atoms. The monoisotopic (exact) mass is 398 g/mol. The van der Waals surface area contributed by atoms with Gasteiger partial charge in [0.15, 0.2) is 0 Å². The lowest BCUT2D eigenvalue weighted by molar-refractivity contribution is 0.578. The molecule has 17 heavy (non-hydrogen) atoms. The molecule has 0 amide bonds. The smallest absolute Gasteiger partial charge is 0.0903 e. The van der Waals surface area contributed by atoms with E-state index in [0.717, 1.165) is 29.9 Å². The average molecular weight is 400 g/mol. The molecule has 1 heterocycles. The van der Waals surface area contributed by atoms with Gasteiger partial charge < -0.3 is 4.57 Å². The molecule has 0 spiro atoms. The Labute approximate surface area is 124 Å². The molecule has 1 aromatic rings. The van der Waals surface area contributed by atoms with E-state index in [2.05, 4.69) is 31.9 Å². The third-order valence-electron chi connectivity index (χ3n) is 3.13. The van der Waals surface area contributed by atoms with Gasteiger partial charge in [-0.2, -0.15) is 0 Å². The Bertz CT molecular complexity index is 421. The molecule has 0 saturated carbocycles. The predicted molar refractivity (Wildman–Crippen MR) is 82.8 cm³/mol. The van der Waals surface area contributed by atoms with Crippen LogP contribution >= 0.6 is 50.6 Å². The maximum atomic E-state index is 12.6. The van der Waals surface area contributed by atoms with E-state index in [1.165, 1.54) is 5.56 Å². The predicted octanol–water partition coefficient (Wildman–Crippen LogP) is 4.79. The molecular weight excluding hydrogens is 386 g/mol. The van der Waals surface area contributed by atoms with Gasteiger partial charge in [-0.05, 0) is 24.1 Å². The van der Waals surface area contributed by atoms with E-state index in [9.17, 15) is 4.57 Å². The fraction of sp³-hybridized carbons (Fsp3) is 0.500. The van der Waals surface area contributed by atoms with Crippen LogP contribution in [0.4, 0.5) is 0 Å². The van der Waals surface area contributed by atoms with E-state index in [-0.39, 0.29) is 0 Å². The molecule has 1 fully saturated rings.